The van der Waals surface area contributed by atoms with Crippen LogP contribution in [0.1, 0.15) is 24.2 Å². The molecule has 0 bridgehead atoms. The zero-order chi connectivity index (χ0) is 20.1. The predicted molar refractivity (Wildman–Crippen MR) is 98.0 cm³/mol. The number of rotatable bonds is 8. The first-order chi connectivity index (χ1) is 13.6. The Kier molecular flexibility index (Phi) is 6.10. The molecule has 1 heterocycles. The van der Waals surface area contributed by atoms with Crippen molar-refractivity contribution in [1.82, 2.24) is 0 Å². The maximum atomic E-state index is 12.6. The second kappa shape index (κ2) is 8.71. The molecule has 8 heteroatoms. The molecule has 3 rings (SSSR count). The number of hydrogen-bond acceptors (Lipinski definition) is 8. The number of ether oxygens (including phenoxy) is 6. The summed E-state index contributed by atoms with van der Waals surface area (Å²) in [5.41, 5.74) is 1.03. The monoisotopic (exact) mass is 390 g/mol. The molecule has 1 aliphatic heterocycles. The van der Waals surface area contributed by atoms with Gasteiger partial charge >= 0.3 is 5.97 Å². The lowest BCUT2D eigenvalue weighted by molar-refractivity contribution is -0.151. The maximum absolute atomic E-state index is 12.6. The van der Waals surface area contributed by atoms with Crippen molar-refractivity contribution in [3.8, 4) is 28.7 Å². The number of benzene rings is 2. The van der Waals surface area contributed by atoms with Crippen LogP contribution in [0.15, 0.2) is 30.3 Å². The molecule has 28 heavy (non-hydrogen) atoms. The first kappa shape index (κ1) is 19.6. The minimum absolute atomic E-state index is 0.126. The smallest absolute Gasteiger partial charge is 0.352 e. The van der Waals surface area contributed by atoms with Crippen molar-refractivity contribution < 1.29 is 38.3 Å². The summed E-state index contributed by atoms with van der Waals surface area (Å²) in [6, 6.07) is 8.26. The maximum Gasteiger partial charge on any atom is 0.352 e. The number of aliphatic hydroxyl groups is 1. The average Bonchev–Trinajstić information content (AvgIpc) is 3.19. The normalized spacial score (nSPS) is 13.0. The molecule has 0 amide bonds. The van der Waals surface area contributed by atoms with Gasteiger partial charge in [-0.3, -0.25) is 0 Å². The summed E-state index contributed by atoms with van der Waals surface area (Å²) in [5.74, 6) is 1.66. The Morgan fingerprint density at radius 2 is 1.79 bits per heavy atom. The van der Waals surface area contributed by atoms with Gasteiger partial charge in [-0.05, 0) is 19.1 Å². The first-order valence-corrected chi connectivity index (χ1v) is 8.69. The van der Waals surface area contributed by atoms with E-state index in [4.69, 9.17) is 28.4 Å². The molecule has 8 nitrogen and oxygen atoms in total. The molecule has 1 aliphatic rings. The molecular weight excluding hydrogens is 368 g/mol. The van der Waals surface area contributed by atoms with Crippen LogP contribution in [0.25, 0.3) is 0 Å². The highest BCUT2D eigenvalue weighted by Crippen LogP contribution is 2.38. The molecule has 1 N–H and O–H groups in total. The fourth-order valence-electron chi connectivity index (χ4n) is 2.87. The Labute approximate surface area is 162 Å². The zero-order valence-electron chi connectivity index (χ0n) is 15.9. The number of hydrogen-bond donors (Lipinski definition) is 1. The van der Waals surface area contributed by atoms with Crippen molar-refractivity contribution in [2.75, 3.05) is 27.6 Å². The molecule has 1 unspecified atom stereocenters. The van der Waals surface area contributed by atoms with E-state index in [1.807, 2.05) is 0 Å². The van der Waals surface area contributed by atoms with Crippen molar-refractivity contribution >= 4 is 5.97 Å². The average molecular weight is 390 g/mol. The van der Waals surface area contributed by atoms with Gasteiger partial charge < -0.3 is 33.5 Å². The SMILES string of the molecule is CCOC(=O)C(Oc1cc(OC)c(CO)c(OC)c1)c1ccc2c(c1)OCO2. The van der Waals surface area contributed by atoms with Crippen LogP contribution in [0.3, 0.4) is 0 Å². The number of fused-ring (bicyclic) bond motifs is 1. The van der Waals surface area contributed by atoms with E-state index in [-0.39, 0.29) is 20.0 Å². The van der Waals surface area contributed by atoms with E-state index in [0.29, 0.717) is 39.9 Å². The number of esters is 1. The minimum atomic E-state index is -1.04. The van der Waals surface area contributed by atoms with Gasteiger partial charge in [0, 0.05) is 17.7 Å². The Hall–Kier alpha value is -3.13. The summed E-state index contributed by atoms with van der Waals surface area (Å²) >= 11 is 0. The third-order valence-corrected chi connectivity index (χ3v) is 4.19. The van der Waals surface area contributed by atoms with Crippen molar-refractivity contribution in [2.45, 2.75) is 19.6 Å². The largest absolute Gasteiger partial charge is 0.496 e. The van der Waals surface area contributed by atoms with E-state index in [1.54, 1.807) is 37.3 Å². The summed E-state index contributed by atoms with van der Waals surface area (Å²) in [6.45, 7) is 1.78. The van der Waals surface area contributed by atoms with Crippen molar-refractivity contribution in [1.29, 1.82) is 0 Å². The molecule has 0 saturated carbocycles. The molecule has 0 spiro atoms. The second-order valence-corrected chi connectivity index (χ2v) is 5.83. The molecule has 0 aromatic heterocycles. The van der Waals surface area contributed by atoms with Crippen LogP contribution in [-0.4, -0.2) is 38.7 Å². The summed E-state index contributed by atoms with van der Waals surface area (Å²) in [5, 5.41) is 9.56. The lowest BCUT2D eigenvalue weighted by Gasteiger charge is -2.20. The third-order valence-electron chi connectivity index (χ3n) is 4.19. The predicted octanol–water partition coefficient (Wildman–Crippen LogP) is 2.61. The van der Waals surface area contributed by atoms with Gasteiger partial charge in [0.25, 0.3) is 0 Å². The molecule has 0 aliphatic carbocycles. The van der Waals surface area contributed by atoms with Crippen LogP contribution < -0.4 is 23.7 Å². The molecule has 2 aromatic rings. The van der Waals surface area contributed by atoms with Crippen LogP contribution in [0, 0.1) is 0 Å². The van der Waals surface area contributed by atoms with Gasteiger partial charge in [0.1, 0.15) is 17.2 Å². The van der Waals surface area contributed by atoms with Crippen molar-refractivity contribution in [3.05, 3.63) is 41.5 Å². The molecular formula is C20H22O8. The van der Waals surface area contributed by atoms with Gasteiger partial charge in [-0.2, -0.15) is 0 Å². The topological polar surface area (TPSA) is 92.7 Å². The highest BCUT2D eigenvalue weighted by atomic mass is 16.7. The molecule has 0 fully saturated rings. The van der Waals surface area contributed by atoms with Crippen molar-refractivity contribution in [2.24, 2.45) is 0 Å². The number of methoxy groups -OCH3 is 2. The van der Waals surface area contributed by atoms with Crippen LogP contribution in [-0.2, 0) is 16.1 Å². The molecule has 2 aromatic carbocycles. The standard InChI is InChI=1S/C20H22O8/c1-4-25-20(22)19(12-5-6-15-18(7-12)27-11-26-15)28-13-8-16(23-2)14(10-21)17(9-13)24-3/h5-9,19,21H,4,10-11H2,1-3H3. The van der Waals surface area contributed by atoms with Crippen LogP contribution in [0.4, 0.5) is 0 Å². The first-order valence-electron chi connectivity index (χ1n) is 8.69. The fraction of sp³-hybridized carbons (Fsp3) is 0.350. The Morgan fingerprint density at radius 1 is 1.11 bits per heavy atom. The van der Waals surface area contributed by atoms with E-state index in [2.05, 4.69) is 0 Å². The van der Waals surface area contributed by atoms with Gasteiger partial charge in [-0.25, -0.2) is 4.79 Å². The highest BCUT2D eigenvalue weighted by Gasteiger charge is 2.27. The molecule has 150 valence electrons. The number of aliphatic hydroxyl groups excluding tert-OH is 1. The summed E-state index contributed by atoms with van der Waals surface area (Å²) in [4.78, 5) is 12.6. The number of carbonyl (C=O) groups is 1. The quantitative estimate of drug-likeness (QED) is 0.688. The van der Waals surface area contributed by atoms with E-state index >= 15 is 0 Å². The highest BCUT2D eigenvalue weighted by molar-refractivity contribution is 5.77. The van der Waals surface area contributed by atoms with E-state index in [1.165, 1.54) is 14.2 Å². The van der Waals surface area contributed by atoms with E-state index in [0.717, 1.165) is 0 Å². The third kappa shape index (κ3) is 3.91. The summed E-state index contributed by atoms with van der Waals surface area (Å²) in [7, 11) is 2.94. The van der Waals surface area contributed by atoms with Crippen LogP contribution in [0.2, 0.25) is 0 Å². The van der Waals surface area contributed by atoms with Gasteiger partial charge in [0.05, 0.1) is 33.0 Å². The molecule has 0 radical (unpaired) electrons. The van der Waals surface area contributed by atoms with Gasteiger partial charge in [-0.1, -0.05) is 6.07 Å². The molecule has 0 saturated heterocycles. The van der Waals surface area contributed by atoms with Crippen molar-refractivity contribution in [3.63, 3.8) is 0 Å². The summed E-state index contributed by atoms with van der Waals surface area (Å²) < 4.78 is 32.4. The van der Waals surface area contributed by atoms with Crippen LogP contribution in [0.5, 0.6) is 28.7 Å². The van der Waals surface area contributed by atoms with Gasteiger partial charge in [0.2, 0.25) is 12.9 Å². The van der Waals surface area contributed by atoms with Gasteiger partial charge in [0.15, 0.2) is 11.5 Å². The van der Waals surface area contributed by atoms with Crippen LogP contribution >= 0.6 is 0 Å². The molecule has 1 atom stereocenters. The van der Waals surface area contributed by atoms with Gasteiger partial charge in [-0.15, -0.1) is 0 Å². The summed E-state index contributed by atoms with van der Waals surface area (Å²) in [6.07, 6.45) is -1.04. The lowest BCUT2D eigenvalue weighted by atomic mass is 10.1. The Morgan fingerprint density at radius 3 is 2.39 bits per heavy atom. The second-order valence-electron chi connectivity index (χ2n) is 5.83. The lowest BCUT2D eigenvalue weighted by Crippen LogP contribution is -2.21. The van der Waals surface area contributed by atoms with E-state index in [9.17, 15) is 9.90 Å². The number of carbonyl (C=O) groups excluding carboxylic acids is 1. The fourth-order valence-corrected chi connectivity index (χ4v) is 2.87. The van der Waals surface area contributed by atoms with E-state index < -0.39 is 12.1 Å². The zero-order valence-corrected chi connectivity index (χ0v) is 15.9. The Balaban J connectivity index is 1.97. The Bertz CT molecular complexity index is 823. The minimum Gasteiger partial charge on any atom is -0.496 e.